The summed E-state index contributed by atoms with van der Waals surface area (Å²) < 4.78 is 68.2. The van der Waals surface area contributed by atoms with Gasteiger partial charge in [-0.15, -0.1) is 12.8 Å². The van der Waals surface area contributed by atoms with Crippen molar-refractivity contribution >= 4 is 32.2 Å². The standard InChI is InChI=1S/2C39H32N4O5S.Cu/c2*1-5-7-8-9-10-11-12-13-14-15-16-17-18-19-20-21-22-23-24-25-26-28-42-43-48-49(45,46)34-35(3)29-38(39(44)47-4)31-37(33-41)30-36(32-40)27-6-2;/h2*35-38H,6,27,29-31,34,40-41H2,1-4H3;/q2*-2;/t2*35-,36?,37?,38?;/m10./s1. The number of ether oxygens (including phenoxy) is 2. The Hall–Kier alpha value is -11.7. The third-order valence-corrected chi connectivity index (χ3v) is 13.7. The monoisotopic (exact) mass is 1400 g/mol. The molecule has 6 unspecified atom stereocenters. The molecule has 503 valence electrons. The summed E-state index contributed by atoms with van der Waals surface area (Å²) in [7, 11) is -5.69. The zero-order chi connectivity index (χ0) is 72.9. The fraction of sp³-hybridized carbons (Fsp3) is 0.359. The van der Waals surface area contributed by atoms with Gasteiger partial charge in [0.1, 0.15) is 0 Å². The third kappa shape index (κ3) is 58.6. The number of carbonyl (C=O) groups is 2. The number of carbonyl (C=O) groups excluding carboxylic acids is 2. The van der Waals surface area contributed by atoms with Crippen LogP contribution in [0.1, 0.15) is 106 Å². The van der Waals surface area contributed by atoms with Crippen molar-refractivity contribution in [3.63, 3.8) is 0 Å². The van der Waals surface area contributed by atoms with Crippen LogP contribution in [0.3, 0.4) is 0 Å². The molecular weight excluding hydrogens is 1340 g/mol. The molecule has 0 aliphatic rings. The molecular formula is C78H64CuN8O10S2-4. The van der Waals surface area contributed by atoms with Gasteiger partial charge in [0.05, 0.1) is 60.2 Å². The number of methoxy groups -OCH3 is 2. The molecule has 0 aliphatic carbocycles. The van der Waals surface area contributed by atoms with Crippen LogP contribution in [0.15, 0.2) is 20.8 Å². The van der Waals surface area contributed by atoms with E-state index in [0.29, 0.717) is 25.7 Å². The molecule has 0 aromatic carbocycles. The van der Waals surface area contributed by atoms with Gasteiger partial charge < -0.3 is 58.6 Å². The van der Waals surface area contributed by atoms with Gasteiger partial charge in [-0.05, 0) is 133 Å². The number of nitrogens with two attached hydrogens (primary N) is 4. The molecule has 8 atom stereocenters. The average Bonchev–Trinajstić information content (AvgIpc) is 1.14. The fourth-order valence-corrected chi connectivity index (χ4v) is 9.44. The molecule has 21 heteroatoms. The van der Waals surface area contributed by atoms with Crippen LogP contribution in [-0.2, 0) is 64.9 Å². The van der Waals surface area contributed by atoms with Gasteiger partial charge in [-0.25, -0.2) is 8.57 Å². The van der Waals surface area contributed by atoms with Crippen molar-refractivity contribution in [1.82, 2.24) is 0 Å². The molecule has 0 heterocycles. The number of hydrogen-bond acceptors (Lipinski definition) is 18. The Morgan fingerprint density at radius 2 is 0.586 bits per heavy atom. The van der Waals surface area contributed by atoms with Crippen LogP contribution in [0.4, 0.5) is 0 Å². The van der Waals surface area contributed by atoms with Gasteiger partial charge in [0.25, 0.3) is 0 Å². The summed E-state index contributed by atoms with van der Waals surface area (Å²) in [4.78, 5) is 24.9. The minimum atomic E-state index is -4.11. The second-order valence-electron chi connectivity index (χ2n) is 18.8. The zero-order valence-corrected chi connectivity index (χ0v) is 58.0. The second-order valence-corrected chi connectivity index (χ2v) is 22.0. The topological polar surface area (TPSA) is 293 Å². The molecule has 0 aromatic rings. The molecule has 18 nitrogen and oxygen atoms in total. The van der Waals surface area contributed by atoms with Crippen LogP contribution in [-0.4, -0.2) is 54.5 Å². The molecule has 0 aromatic heterocycles. The van der Waals surface area contributed by atoms with E-state index in [1.54, 1.807) is 27.7 Å². The van der Waals surface area contributed by atoms with Gasteiger partial charge in [0, 0.05) is 159 Å². The van der Waals surface area contributed by atoms with Crippen molar-refractivity contribution in [2.75, 3.05) is 25.7 Å². The van der Waals surface area contributed by atoms with Crippen LogP contribution in [0.25, 0.3) is 0 Å². The Bertz CT molecular complexity index is 4250. The van der Waals surface area contributed by atoms with Crippen molar-refractivity contribution < 1.29 is 61.5 Å². The summed E-state index contributed by atoms with van der Waals surface area (Å²) in [5.74, 6) is 99.3. The minimum Gasteiger partial charge on any atom is -0.508 e. The minimum absolute atomic E-state index is 0. The quantitative estimate of drug-likeness (QED) is 0.0145. The van der Waals surface area contributed by atoms with E-state index < -0.39 is 67.4 Å². The van der Waals surface area contributed by atoms with Gasteiger partial charge in [-0.3, -0.25) is 9.59 Å². The molecule has 0 fully saturated rings. The molecule has 99 heavy (non-hydrogen) atoms. The maximum absolute atomic E-state index is 12.4. The van der Waals surface area contributed by atoms with E-state index in [4.69, 9.17) is 32.4 Å². The maximum atomic E-state index is 12.4. The molecule has 0 amide bonds. The van der Waals surface area contributed by atoms with E-state index in [2.05, 4.69) is 316 Å². The van der Waals surface area contributed by atoms with E-state index in [-0.39, 0.29) is 53.6 Å². The summed E-state index contributed by atoms with van der Waals surface area (Å²) >= 11 is 0. The molecule has 0 rings (SSSR count). The Labute approximate surface area is 599 Å². The van der Waals surface area contributed by atoms with Crippen LogP contribution in [0.2, 0.25) is 0 Å². The van der Waals surface area contributed by atoms with E-state index in [0.717, 1.165) is 25.7 Å². The van der Waals surface area contributed by atoms with Crippen LogP contribution in [0.5, 0.6) is 0 Å². The Morgan fingerprint density at radius 1 is 0.364 bits per heavy atom. The molecule has 5 radical (unpaired) electrons. The molecule has 8 N–H and O–H groups in total. The fourth-order valence-electron chi connectivity index (χ4n) is 7.38. The number of nitrogens with zero attached hydrogens (tertiary/aromatic N) is 4. The Kier molecular flexibility index (Phi) is 60.1. The summed E-state index contributed by atoms with van der Waals surface area (Å²) in [6, 6.07) is 4.31. The zero-order valence-electron chi connectivity index (χ0n) is 55.4. The predicted octanol–water partition coefficient (Wildman–Crippen LogP) is 4.67. The smallest absolute Gasteiger partial charge is 0.330 e. The Balaban J connectivity index is -0.00000184. The molecule has 0 saturated carbocycles. The molecule has 0 saturated heterocycles. The molecule has 0 bridgehead atoms. The number of rotatable bonds is 30. The van der Waals surface area contributed by atoms with Crippen molar-refractivity contribution in [3.05, 3.63) is 26.2 Å². The molecule has 0 aliphatic heterocycles. The van der Waals surface area contributed by atoms with E-state index in [1.165, 1.54) is 14.2 Å². The summed E-state index contributed by atoms with van der Waals surface area (Å²) in [5.41, 5.74) is 22.6. The van der Waals surface area contributed by atoms with Crippen molar-refractivity contribution in [2.24, 2.45) is 91.1 Å². The van der Waals surface area contributed by atoms with Crippen molar-refractivity contribution in [2.45, 2.75) is 106 Å². The number of esters is 2. The SMILES string of the molecule is CC#CC#CC#CC#CC#CC#CC#CC#CC#CC#CC#CN=NOS(=O)(=O)C[C@@H](C)CC(CC([C-]N)CC([C-]N)CCC)C(=O)OC.CC#CC#CC#CC#CC#CC#CC#CC#CC#CC#CC#CN=NOS(=O)(=O)C[C@H](C)CC(CC([C-]N)CC([C-]N)CCC)C(=O)OC.[Cu]. The summed E-state index contributed by atoms with van der Waals surface area (Å²) in [5, 5.41) is 12.8. The molecule has 0 spiro atoms. The largest absolute Gasteiger partial charge is 0.508 e. The first-order valence-corrected chi connectivity index (χ1v) is 32.1. The van der Waals surface area contributed by atoms with Crippen LogP contribution >= 0.6 is 0 Å². The maximum Gasteiger partial charge on any atom is 0.330 e. The number of hydrogen-bond donors (Lipinski definition) is 4. The van der Waals surface area contributed by atoms with Gasteiger partial charge in [0.2, 0.25) is 0 Å². The first-order valence-electron chi connectivity index (χ1n) is 28.9. The predicted molar refractivity (Wildman–Crippen MR) is 372 cm³/mol. The Morgan fingerprint density at radius 3 is 0.788 bits per heavy atom. The van der Waals surface area contributed by atoms with Gasteiger partial charge in [0.15, 0.2) is 0 Å². The first kappa shape index (κ1) is 91.5. The summed E-state index contributed by atoms with van der Waals surface area (Å²) in [6.45, 7) is 21.7. The average molecular weight is 1400 g/mol. The van der Waals surface area contributed by atoms with E-state index in [1.807, 2.05) is 13.8 Å². The normalized spacial score (nSPS) is 10.9. The van der Waals surface area contributed by atoms with E-state index >= 15 is 0 Å². The summed E-state index contributed by atoms with van der Waals surface area (Å²) in [6.07, 6.45) is 5.69. The van der Waals surface area contributed by atoms with E-state index in [9.17, 15) is 26.4 Å². The van der Waals surface area contributed by atoms with Gasteiger partial charge in [-0.1, -0.05) is 88.3 Å². The first-order chi connectivity index (χ1) is 47.4. The van der Waals surface area contributed by atoms with Crippen molar-refractivity contribution in [3.8, 4) is 261 Å². The van der Waals surface area contributed by atoms with Gasteiger partial charge in [-0.2, -0.15) is 40.5 Å². The third-order valence-electron chi connectivity index (χ3n) is 11.1. The van der Waals surface area contributed by atoms with Crippen molar-refractivity contribution in [1.29, 1.82) is 0 Å². The van der Waals surface area contributed by atoms with Gasteiger partial charge >= 0.3 is 32.2 Å². The van der Waals surface area contributed by atoms with Crippen LogP contribution in [0, 0.1) is 334 Å². The second kappa shape index (κ2) is 65.0. The van der Waals surface area contributed by atoms with Crippen LogP contribution < -0.4 is 22.9 Å².